The van der Waals surface area contributed by atoms with Gasteiger partial charge in [0.25, 0.3) is 0 Å². The molecule has 140 valence electrons. The highest BCUT2D eigenvalue weighted by molar-refractivity contribution is 6.25. The van der Waals surface area contributed by atoms with Crippen molar-refractivity contribution in [1.82, 2.24) is 0 Å². The fourth-order valence-electron chi connectivity index (χ4n) is 3.59. The van der Waals surface area contributed by atoms with Gasteiger partial charge in [0, 0.05) is 24.2 Å². The van der Waals surface area contributed by atoms with Gasteiger partial charge in [0.2, 0.25) is 11.3 Å². The van der Waals surface area contributed by atoms with Crippen LogP contribution in [0, 0.1) is 0 Å². The van der Waals surface area contributed by atoms with Crippen LogP contribution < -0.4 is 9.64 Å². The summed E-state index contributed by atoms with van der Waals surface area (Å²) in [6.07, 6.45) is 1.90. The van der Waals surface area contributed by atoms with Crippen LogP contribution in [-0.4, -0.2) is 37.6 Å². The van der Waals surface area contributed by atoms with Crippen molar-refractivity contribution in [3.05, 3.63) is 72.3 Å². The molecule has 2 aromatic rings. The number of rotatable bonds is 7. The van der Waals surface area contributed by atoms with Gasteiger partial charge in [-0.1, -0.05) is 36.4 Å². The SMILES string of the molecule is C=CCN1c2ccc(OC)cc2C(=O)C1(Cc1ccccc1)C(=O)OCC. The molecule has 1 atom stereocenters. The number of ketones is 1. The molecule has 27 heavy (non-hydrogen) atoms. The van der Waals surface area contributed by atoms with E-state index in [9.17, 15) is 9.59 Å². The molecule has 0 bridgehead atoms. The quantitative estimate of drug-likeness (QED) is 0.427. The Hall–Kier alpha value is -3.08. The van der Waals surface area contributed by atoms with Crippen LogP contribution >= 0.6 is 0 Å². The Labute approximate surface area is 159 Å². The molecule has 0 radical (unpaired) electrons. The summed E-state index contributed by atoms with van der Waals surface area (Å²) >= 11 is 0. The van der Waals surface area contributed by atoms with Gasteiger partial charge in [-0.05, 0) is 30.7 Å². The van der Waals surface area contributed by atoms with Gasteiger partial charge in [-0.3, -0.25) is 4.79 Å². The standard InChI is InChI=1S/C22H23NO4/c1-4-13-23-19-12-11-17(26-3)14-18(19)20(24)22(23,21(25)27-5-2)15-16-9-7-6-8-10-16/h4,6-12,14H,1,5,13,15H2,2-3H3. The lowest BCUT2D eigenvalue weighted by Crippen LogP contribution is -2.59. The van der Waals surface area contributed by atoms with E-state index in [1.54, 1.807) is 37.1 Å². The third-order valence-electron chi connectivity index (χ3n) is 4.80. The van der Waals surface area contributed by atoms with Crippen molar-refractivity contribution in [1.29, 1.82) is 0 Å². The fraction of sp³-hybridized carbons (Fsp3) is 0.273. The zero-order valence-electron chi connectivity index (χ0n) is 15.6. The largest absolute Gasteiger partial charge is 0.497 e. The van der Waals surface area contributed by atoms with E-state index in [1.165, 1.54) is 0 Å². The Balaban J connectivity index is 2.18. The molecule has 2 aromatic carbocycles. The number of nitrogens with zero attached hydrogens (tertiary/aromatic N) is 1. The summed E-state index contributed by atoms with van der Waals surface area (Å²) in [5.41, 5.74) is 0.567. The van der Waals surface area contributed by atoms with Crippen molar-refractivity contribution in [2.75, 3.05) is 25.2 Å². The van der Waals surface area contributed by atoms with Crippen LogP contribution in [0.2, 0.25) is 0 Å². The van der Waals surface area contributed by atoms with Crippen LogP contribution in [0.4, 0.5) is 5.69 Å². The molecule has 0 aliphatic carbocycles. The summed E-state index contributed by atoms with van der Waals surface area (Å²) in [7, 11) is 1.55. The second kappa shape index (κ2) is 7.66. The van der Waals surface area contributed by atoms with E-state index in [4.69, 9.17) is 9.47 Å². The molecule has 1 aliphatic heterocycles. The van der Waals surface area contributed by atoms with Gasteiger partial charge in [0.05, 0.1) is 13.7 Å². The van der Waals surface area contributed by atoms with E-state index in [1.807, 2.05) is 36.4 Å². The van der Waals surface area contributed by atoms with Gasteiger partial charge in [-0.25, -0.2) is 4.79 Å². The predicted molar refractivity (Wildman–Crippen MR) is 104 cm³/mol. The molecule has 1 heterocycles. The normalized spacial score (nSPS) is 18.1. The molecule has 0 saturated carbocycles. The highest BCUT2D eigenvalue weighted by atomic mass is 16.5. The number of hydrogen-bond donors (Lipinski definition) is 0. The van der Waals surface area contributed by atoms with E-state index in [2.05, 4.69) is 6.58 Å². The summed E-state index contributed by atoms with van der Waals surface area (Å²) in [5, 5.41) is 0. The molecule has 0 fully saturated rings. The Morgan fingerprint density at radius 2 is 1.96 bits per heavy atom. The van der Waals surface area contributed by atoms with Crippen molar-refractivity contribution >= 4 is 17.4 Å². The van der Waals surface area contributed by atoms with Gasteiger partial charge >= 0.3 is 5.97 Å². The van der Waals surface area contributed by atoms with E-state index in [0.29, 0.717) is 23.5 Å². The Morgan fingerprint density at radius 3 is 2.59 bits per heavy atom. The first-order valence-electron chi connectivity index (χ1n) is 8.91. The van der Waals surface area contributed by atoms with Gasteiger partial charge in [-0.2, -0.15) is 0 Å². The van der Waals surface area contributed by atoms with Crippen LogP contribution in [0.25, 0.3) is 0 Å². The first-order chi connectivity index (χ1) is 13.1. The van der Waals surface area contributed by atoms with Crippen LogP contribution in [0.15, 0.2) is 61.2 Å². The van der Waals surface area contributed by atoms with Crippen LogP contribution in [0.3, 0.4) is 0 Å². The zero-order chi connectivity index (χ0) is 19.4. The summed E-state index contributed by atoms with van der Waals surface area (Å²) in [5.74, 6) is -0.253. The Morgan fingerprint density at radius 1 is 1.22 bits per heavy atom. The van der Waals surface area contributed by atoms with Gasteiger partial charge in [0.15, 0.2) is 0 Å². The molecule has 0 N–H and O–H groups in total. The van der Waals surface area contributed by atoms with Crippen molar-refractivity contribution < 1.29 is 19.1 Å². The third kappa shape index (κ3) is 3.10. The topological polar surface area (TPSA) is 55.8 Å². The number of hydrogen-bond acceptors (Lipinski definition) is 5. The molecule has 0 aromatic heterocycles. The summed E-state index contributed by atoms with van der Waals surface area (Å²) in [6.45, 7) is 6.08. The van der Waals surface area contributed by atoms with Gasteiger partial charge in [-0.15, -0.1) is 6.58 Å². The van der Waals surface area contributed by atoms with E-state index in [-0.39, 0.29) is 18.8 Å². The Kier molecular flexibility index (Phi) is 5.31. The third-order valence-corrected chi connectivity index (χ3v) is 4.80. The molecule has 0 amide bonds. The molecule has 1 unspecified atom stereocenters. The number of benzene rings is 2. The van der Waals surface area contributed by atoms with Crippen LogP contribution in [0.5, 0.6) is 5.75 Å². The maximum absolute atomic E-state index is 13.6. The maximum Gasteiger partial charge on any atom is 0.340 e. The smallest absolute Gasteiger partial charge is 0.340 e. The summed E-state index contributed by atoms with van der Waals surface area (Å²) < 4.78 is 10.6. The van der Waals surface area contributed by atoms with Gasteiger partial charge < -0.3 is 14.4 Å². The maximum atomic E-state index is 13.6. The highest BCUT2D eigenvalue weighted by Crippen LogP contribution is 2.43. The zero-order valence-corrected chi connectivity index (χ0v) is 15.6. The number of methoxy groups -OCH3 is 1. The van der Waals surface area contributed by atoms with Crippen molar-refractivity contribution in [2.24, 2.45) is 0 Å². The minimum absolute atomic E-state index is 0.199. The van der Waals surface area contributed by atoms with Crippen molar-refractivity contribution in [3.63, 3.8) is 0 Å². The van der Waals surface area contributed by atoms with Crippen LogP contribution in [-0.2, 0) is 16.0 Å². The second-order valence-corrected chi connectivity index (χ2v) is 6.35. The second-order valence-electron chi connectivity index (χ2n) is 6.35. The molecule has 1 aliphatic rings. The Bertz CT molecular complexity index is 862. The molecule has 0 saturated heterocycles. The van der Waals surface area contributed by atoms with Crippen LogP contribution in [0.1, 0.15) is 22.8 Å². The fourth-order valence-corrected chi connectivity index (χ4v) is 3.59. The number of fused-ring (bicyclic) bond motifs is 1. The average Bonchev–Trinajstić information content (AvgIpc) is 2.92. The number of carbonyl (C=O) groups excluding carboxylic acids is 2. The first-order valence-corrected chi connectivity index (χ1v) is 8.91. The summed E-state index contributed by atoms with van der Waals surface area (Å²) in [4.78, 5) is 28.5. The number of anilines is 1. The molecular weight excluding hydrogens is 342 g/mol. The highest BCUT2D eigenvalue weighted by Gasteiger charge is 2.57. The lowest BCUT2D eigenvalue weighted by Gasteiger charge is -2.36. The number of carbonyl (C=O) groups is 2. The molecule has 3 rings (SSSR count). The average molecular weight is 365 g/mol. The monoisotopic (exact) mass is 365 g/mol. The lowest BCUT2D eigenvalue weighted by atomic mass is 9.85. The van der Waals surface area contributed by atoms with Crippen molar-refractivity contribution in [2.45, 2.75) is 18.9 Å². The van der Waals surface area contributed by atoms with Gasteiger partial charge in [0.1, 0.15) is 5.75 Å². The van der Waals surface area contributed by atoms with Crippen molar-refractivity contribution in [3.8, 4) is 5.75 Å². The lowest BCUT2D eigenvalue weighted by molar-refractivity contribution is -0.147. The number of esters is 1. The molecule has 5 heteroatoms. The number of Topliss-reactive ketones (excluding diaryl/α,β-unsaturated/α-hetero) is 1. The van der Waals surface area contributed by atoms with E-state index >= 15 is 0 Å². The number of ether oxygens (including phenoxy) is 2. The summed E-state index contributed by atoms with van der Waals surface area (Å²) in [6, 6.07) is 14.8. The molecule has 5 nitrogen and oxygen atoms in total. The molecular formula is C22H23NO4. The predicted octanol–water partition coefficient (Wildman–Crippen LogP) is 3.43. The first kappa shape index (κ1) is 18.7. The van der Waals surface area contributed by atoms with E-state index < -0.39 is 11.5 Å². The minimum Gasteiger partial charge on any atom is -0.497 e. The van der Waals surface area contributed by atoms with E-state index in [0.717, 1.165) is 5.56 Å². The molecule has 0 spiro atoms. The minimum atomic E-state index is -1.46.